The molecule has 0 saturated carbocycles. The van der Waals surface area contributed by atoms with Crippen LogP contribution in [0.15, 0.2) is 0 Å². The summed E-state index contributed by atoms with van der Waals surface area (Å²) in [6.07, 6.45) is 3.45. The van der Waals surface area contributed by atoms with Gasteiger partial charge < -0.3 is 9.64 Å². The SMILES string of the molecule is CC(C)(C)OC(=O)N1CCC(CN2[C]N(CCCOS(C)(=O)=O)CC2)CC1. The van der Waals surface area contributed by atoms with Gasteiger partial charge in [-0.15, -0.1) is 0 Å². The van der Waals surface area contributed by atoms with Gasteiger partial charge in [-0.2, -0.15) is 8.42 Å². The highest BCUT2D eigenvalue weighted by molar-refractivity contribution is 7.85. The number of nitrogens with zero attached hydrogens (tertiary/aromatic N) is 3. The third kappa shape index (κ3) is 8.76. The van der Waals surface area contributed by atoms with Crippen LogP contribution in [0.5, 0.6) is 0 Å². The highest BCUT2D eigenvalue weighted by Gasteiger charge is 2.29. The molecule has 0 spiro atoms. The molecule has 2 heterocycles. The van der Waals surface area contributed by atoms with Gasteiger partial charge in [0, 0.05) is 39.3 Å². The van der Waals surface area contributed by atoms with Crippen LogP contribution in [0.4, 0.5) is 4.79 Å². The van der Waals surface area contributed by atoms with Gasteiger partial charge in [0.1, 0.15) is 12.3 Å². The van der Waals surface area contributed by atoms with Crippen molar-refractivity contribution >= 4 is 16.2 Å². The molecule has 0 aromatic carbocycles. The molecule has 2 aliphatic rings. The molecule has 2 radical (unpaired) electrons. The summed E-state index contributed by atoms with van der Waals surface area (Å²) in [7, 11) is -3.36. The number of hydrogen-bond donors (Lipinski definition) is 0. The third-order valence-electron chi connectivity index (χ3n) is 4.54. The first-order chi connectivity index (χ1) is 12.5. The van der Waals surface area contributed by atoms with Crippen LogP contribution in [-0.2, 0) is 19.0 Å². The lowest BCUT2D eigenvalue weighted by atomic mass is 9.96. The maximum absolute atomic E-state index is 12.1. The van der Waals surface area contributed by atoms with Crippen molar-refractivity contribution in [2.24, 2.45) is 5.92 Å². The second kappa shape index (κ2) is 9.54. The molecule has 2 aliphatic heterocycles. The lowest BCUT2D eigenvalue weighted by molar-refractivity contribution is 0.0174. The Morgan fingerprint density at radius 2 is 1.74 bits per heavy atom. The lowest BCUT2D eigenvalue weighted by Crippen LogP contribution is -2.43. The molecular formula is C18H33N3O5S. The Hall–Kier alpha value is -0.900. The zero-order valence-electron chi connectivity index (χ0n) is 16.9. The van der Waals surface area contributed by atoms with Crippen LogP contribution in [0.1, 0.15) is 40.0 Å². The number of ether oxygens (including phenoxy) is 1. The van der Waals surface area contributed by atoms with E-state index in [1.807, 2.05) is 20.8 Å². The summed E-state index contributed by atoms with van der Waals surface area (Å²) < 4.78 is 32.1. The summed E-state index contributed by atoms with van der Waals surface area (Å²) in [5, 5.41) is 0. The van der Waals surface area contributed by atoms with Crippen molar-refractivity contribution in [3.8, 4) is 0 Å². The lowest BCUT2D eigenvalue weighted by Gasteiger charge is -2.34. The molecule has 2 fully saturated rings. The largest absolute Gasteiger partial charge is 0.444 e. The zero-order valence-corrected chi connectivity index (χ0v) is 17.8. The average Bonchev–Trinajstić information content (AvgIpc) is 2.97. The van der Waals surface area contributed by atoms with Crippen molar-refractivity contribution in [3.63, 3.8) is 0 Å². The molecule has 0 atom stereocenters. The molecule has 0 unspecified atom stereocenters. The van der Waals surface area contributed by atoms with Crippen LogP contribution < -0.4 is 0 Å². The molecule has 0 N–H and O–H groups in total. The van der Waals surface area contributed by atoms with Crippen LogP contribution in [0.3, 0.4) is 0 Å². The minimum absolute atomic E-state index is 0.208. The van der Waals surface area contributed by atoms with Crippen molar-refractivity contribution in [1.29, 1.82) is 0 Å². The van der Waals surface area contributed by atoms with Crippen LogP contribution >= 0.6 is 0 Å². The highest BCUT2D eigenvalue weighted by Crippen LogP contribution is 2.22. The summed E-state index contributed by atoms with van der Waals surface area (Å²) in [4.78, 5) is 18.2. The van der Waals surface area contributed by atoms with Crippen molar-refractivity contribution in [3.05, 3.63) is 6.67 Å². The monoisotopic (exact) mass is 403 g/mol. The first-order valence-corrected chi connectivity index (χ1v) is 11.4. The van der Waals surface area contributed by atoms with E-state index in [1.165, 1.54) is 0 Å². The molecule has 2 saturated heterocycles. The minimum Gasteiger partial charge on any atom is -0.444 e. The minimum atomic E-state index is -3.36. The van der Waals surface area contributed by atoms with E-state index >= 15 is 0 Å². The Morgan fingerprint density at radius 3 is 2.33 bits per heavy atom. The first-order valence-electron chi connectivity index (χ1n) is 9.60. The summed E-state index contributed by atoms with van der Waals surface area (Å²) >= 11 is 0. The normalized spacial score (nSPS) is 21.0. The molecule has 2 rings (SSSR count). The number of carbonyl (C=O) groups is 1. The van der Waals surface area contributed by atoms with E-state index in [0.29, 0.717) is 12.3 Å². The topological polar surface area (TPSA) is 79.4 Å². The molecule has 0 aliphatic carbocycles. The smallest absolute Gasteiger partial charge is 0.410 e. The van der Waals surface area contributed by atoms with E-state index in [4.69, 9.17) is 8.92 Å². The molecule has 0 aromatic rings. The van der Waals surface area contributed by atoms with E-state index in [0.717, 1.165) is 58.4 Å². The van der Waals surface area contributed by atoms with Crippen molar-refractivity contribution in [2.75, 3.05) is 52.1 Å². The molecule has 0 bridgehead atoms. The Morgan fingerprint density at radius 1 is 1.11 bits per heavy atom. The summed E-state index contributed by atoms with van der Waals surface area (Å²) in [6.45, 7) is 14.2. The van der Waals surface area contributed by atoms with Crippen LogP contribution in [0.25, 0.3) is 0 Å². The number of hydrogen-bond acceptors (Lipinski definition) is 7. The van der Waals surface area contributed by atoms with Crippen LogP contribution in [0, 0.1) is 12.6 Å². The standard InChI is InChI=1S/C18H33N3O5S/c1-18(2,3)26-17(22)21-9-6-16(7-10-21)14-20-12-11-19(15-20)8-5-13-25-27(4,23)24/h16H,5-14H2,1-4H3. The fourth-order valence-electron chi connectivity index (χ4n) is 3.24. The average molecular weight is 404 g/mol. The quantitative estimate of drug-likeness (QED) is 0.472. The van der Waals surface area contributed by atoms with Crippen LogP contribution in [0.2, 0.25) is 0 Å². The van der Waals surface area contributed by atoms with Gasteiger partial charge in [0.05, 0.1) is 12.9 Å². The van der Waals surface area contributed by atoms with Gasteiger partial charge in [-0.05, 0) is 46.0 Å². The Kier molecular flexibility index (Phi) is 7.91. The fraction of sp³-hybridized carbons (Fsp3) is 0.889. The van der Waals surface area contributed by atoms with Gasteiger partial charge >= 0.3 is 6.09 Å². The first kappa shape index (κ1) is 22.4. The zero-order chi connectivity index (χ0) is 20.1. The van der Waals surface area contributed by atoms with Gasteiger partial charge in [-0.3, -0.25) is 14.0 Å². The Balaban J connectivity index is 1.62. The summed E-state index contributed by atoms with van der Waals surface area (Å²) in [5.41, 5.74) is -0.455. The fourth-order valence-corrected chi connectivity index (χ4v) is 3.66. The van der Waals surface area contributed by atoms with Gasteiger partial charge in [0.15, 0.2) is 0 Å². The Bertz CT molecular complexity index is 582. The number of likely N-dealkylation sites (tertiary alicyclic amines) is 1. The second-order valence-electron chi connectivity index (χ2n) is 8.32. The third-order valence-corrected chi connectivity index (χ3v) is 5.13. The van der Waals surface area contributed by atoms with Gasteiger partial charge in [-0.25, -0.2) is 4.79 Å². The Labute approximate surface area is 163 Å². The second-order valence-corrected chi connectivity index (χ2v) is 9.97. The van der Waals surface area contributed by atoms with E-state index < -0.39 is 15.7 Å². The number of amides is 1. The maximum atomic E-state index is 12.1. The molecule has 27 heavy (non-hydrogen) atoms. The van der Waals surface area contributed by atoms with E-state index in [2.05, 4.69) is 16.5 Å². The molecule has 156 valence electrons. The van der Waals surface area contributed by atoms with Gasteiger partial charge in [0.2, 0.25) is 0 Å². The van der Waals surface area contributed by atoms with E-state index in [-0.39, 0.29) is 12.7 Å². The van der Waals surface area contributed by atoms with Gasteiger partial charge in [0.25, 0.3) is 10.1 Å². The van der Waals surface area contributed by atoms with E-state index in [9.17, 15) is 13.2 Å². The number of piperidine rings is 1. The predicted octanol–water partition coefficient (Wildman–Crippen LogP) is 1.61. The predicted molar refractivity (Wildman–Crippen MR) is 102 cm³/mol. The van der Waals surface area contributed by atoms with Crippen molar-refractivity contribution < 1.29 is 22.1 Å². The van der Waals surface area contributed by atoms with Gasteiger partial charge in [-0.1, -0.05) is 0 Å². The van der Waals surface area contributed by atoms with Crippen LogP contribution in [-0.4, -0.2) is 86.9 Å². The summed E-state index contributed by atoms with van der Waals surface area (Å²) in [5.74, 6) is 0.546. The van der Waals surface area contributed by atoms with Crippen molar-refractivity contribution in [1.82, 2.24) is 14.7 Å². The number of rotatable bonds is 7. The maximum Gasteiger partial charge on any atom is 0.410 e. The highest BCUT2D eigenvalue weighted by atomic mass is 32.2. The molecule has 1 amide bonds. The molecular weight excluding hydrogens is 370 g/mol. The molecule has 9 heteroatoms. The molecule has 8 nitrogen and oxygen atoms in total. The number of carbonyl (C=O) groups excluding carboxylic acids is 1. The molecule has 0 aromatic heterocycles. The van der Waals surface area contributed by atoms with Crippen molar-refractivity contribution in [2.45, 2.75) is 45.6 Å². The van der Waals surface area contributed by atoms with E-state index in [1.54, 1.807) is 4.90 Å². The summed E-state index contributed by atoms with van der Waals surface area (Å²) in [6, 6.07) is 0.